The summed E-state index contributed by atoms with van der Waals surface area (Å²) in [6.45, 7) is 4.30. The third-order valence-corrected chi connectivity index (χ3v) is 5.76. The van der Waals surface area contributed by atoms with Crippen LogP contribution < -0.4 is 0 Å². The second-order valence-corrected chi connectivity index (χ2v) is 7.71. The molecular weight excluding hydrogens is 314 g/mol. The molecule has 1 aliphatic carbocycles. The SMILES string of the molecule is CCCCCC1CCc2cc3cc(CCCC)c(F)c(F)c3cc2C1. The van der Waals surface area contributed by atoms with Gasteiger partial charge in [0.05, 0.1) is 0 Å². The van der Waals surface area contributed by atoms with Gasteiger partial charge in [0, 0.05) is 5.39 Å². The Morgan fingerprint density at radius 3 is 2.48 bits per heavy atom. The van der Waals surface area contributed by atoms with E-state index in [9.17, 15) is 8.78 Å². The topological polar surface area (TPSA) is 0 Å². The molecule has 25 heavy (non-hydrogen) atoms. The molecule has 0 fully saturated rings. The Labute approximate surface area is 150 Å². The van der Waals surface area contributed by atoms with Gasteiger partial charge in [-0.05, 0) is 72.2 Å². The molecule has 0 spiro atoms. The van der Waals surface area contributed by atoms with Crippen LogP contribution in [0.5, 0.6) is 0 Å². The first-order valence-electron chi connectivity index (χ1n) is 10.1. The van der Waals surface area contributed by atoms with Crippen molar-refractivity contribution in [3.8, 4) is 0 Å². The standard InChI is InChI=1S/C23H30F2/c1-3-5-7-8-16-10-11-17-13-20-14-18(9-6-4-2)22(24)23(25)21(20)15-19(17)12-16/h13-16H,3-12H2,1-2H3. The summed E-state index contributed by atoms with van der Waals surface area (Å²) in [4.78, 5) is 0. The Morgan fingerprint density at radius 2 is 1.72 bits per heavy atom. The van der Waals surface area contributed by atoms with Crippen LogP contribution in [-0.2, 0) is 19.3 Å². The van der Waals surface area contributed by atoms with E-state index in [0.717, 1.165) is 31.1 Å². The van der Waals surface area contributed by atoms with Crippen molar-refractivity contribution >= 4 is 10.8 Å². The summed E-state index contributed by atoms with van der Waals surface area (Å²) in [6, 6.07) is 5.92. The van der Waals surface area contributed by atoms with E-state index >= 15 is 0 Å². The lowest BCUT2D eigenvalue weighted by atomic mass is 9.80. The number of rotatable bonds is 7. The summed E-state index contributed by atoms with van der Waals surface area (Å²) in [5.74, 6) is -0.594. The number of aryl methyl sites for hydroxylation is 2. The van der Waals surface area contributed by atoms with Crippen LogP contribution in [0.1, 0.15) is 75.5 Å². The van der Waals surface area contributed by atoms with Crippen LogP contribution in [0, 0.1) is 17.6 Å². The summed E-state index contributed by atoms with van der Waals surface area (Å²) >= 11 is 0. The van der Waals surface area contributed by atoms with Crippen molar-refractivity contribution in [3.05, 3.63) is 46.5 Å². The molecule has 0 bridgehead atoms. The summed E-state index contributed by atoms with van der Waals surface area (Å²) in [6.07, 6.45) is 10.9. The van der Waals surface area contributed by atoms with Gasteiger partial charge in [-0.15, -0.1) is 0 Å². The third-order valence-electron chi connectivity index (χ3n) is 5.76. The van der Waals surface area contributed by atoms with E-state index in [4.69, 9.17) is 0 Å². The Bertz CT molecular complexity index is 733. The molecule has 2 heteroatoms. The highest BCUT2D eigenvalue weighted by atomic mass is 19.2. The van der Waals surface area contributed by atoms with Crippen molar-refractivity contribution in [1.29, 1.82) is 0 Å². The van der Waals surface area contributed by atoms with Gasteiger partial charge in [-0.3, -0.25) is 0 Å². The number of hydrogen-bond acceptors (Lipinski definition) is 0. The highest BCUT2D eigenvalue weighted by Gasteiger charge is 2.21. The fraction of sp³-hybridized carbons (Fsp3) is 0.565. The molecule has 0 saturated heterocycles. The van der Waals surface area contributed by atoms with Crippen LogP contribution in [0.15, 0.2) is 18.2 Å². The summed E-state index contributed by atoms with van der Waals surface area (Å²) in [7, 11) is 0. The maximum absolute atomic E-state index is 14.6. The first kappa shape index (κ1) is 18.4. The molecule has 3 rings (SSSR count). The largest absolute Gasteiger partial charge is 0.203 e. The van der Waals surface area contributed by atoms with Crippen molar-refractivity contribution in [2.75, 3.05) is 0 Å². The zero-order chi connectivity index (χ0) is 17.8. The average Bonchev–Trinajstić information content (AvgIpc) is 2.62. The van der Waals surface area contributed by atoms with E-state index in [0.29, 0.717) is 23.3 Å². The fourth-order valence-electron chi connectivity index (χ4n) is 4.20. The molecule has 2 aromatic rings. The van der Waals surface area contributed by atoms with Crippen LogP contribution in [0.3, 0.4) is 0 Å². The van der Waals surface area contributed by atoms with Crippen LogP contribution in [-0.4, -0.2) is 0 Å². The zero-order valence-electron chi connectivity index (χ0n) is 15.6. The van der Waals surface area contributed by atoms with Crippen LogP contribution in [0.4, 0.5) is 8.78 Å². The van der Waals surface area contributed by atoms with Crippen molar-refractivity contribution in [3.63, 3.8) is 0 Å². The first-order chi connectivity index (χ1) is 12.1. The van der Waals surface area contributed by atoms with Crippen LogP contribution in [0.25, 0.3) is 10.8 Å². The van der Waals surface area contributed by atoms with Gasteiger partial charge in [0.2, 0.25) is 0 Å². The summed E-state index contributed by atoms with van der Waals surface area (Å²) in [5, 5.41) is 1.33. The molecule has 0 saturated carbocycles. The van der Waals surface area contributed by atoms with E-state index in [2.05, 4.69) is 19.9 Å². The molecule has 0 aliphatic heterocycles. The zero-order valence-corrected chi connectivity index (χ0v) is 15.6. The monoisotopic (exact) mass is 344 g/mol. The minimum Gasteiger partial charge on any atom is -0.203 e. The molecule has 0 aromatic heterocycles. The Morgan fingerprint density at radius 1 is 0.920 bits per heavy atom. The van der Waals surface area contributed by atoms with E-state index in [1.165, 1.54) is 43.2 Å². The minimum absolute atomic E-state index is 0.464. The van der Waals surface area contributed by atoms with Gasteiger partial charge >= 0.3 is 0 Å². The molecule has 0 heterocycles. The van der Waals surface area contributed by atoms with Gasteiger partial charge in [-0.2, -0.15) is 0 Å². The normalized spacial score (nSPS) is 17.0. The lowest BCUT2D eigenvalue weighted by molar-refractivity contribution is 0.408. The maximum Gasteiger partial charge on any atom is 0.166 e. The fourth-order valence-corrected chi connectivity index (χ4v) is 4.20. The first-order valence-corrected chi connectivity index (χ1v) is 10.1. The van der Waals surface area contributed by atoms with E-state index in [-0.39, 0.29) is 0 Å². The predicted octanol–water partition coefficient (Wildman–Crippen LogP) is 7.15. The molecule has 1 aliphatic rings. The Balaban J connectivity index is 1.89. The highest BCUT2D eigenvalue weighted by Crippen LogP contribution is 2.34. The number of unbranched alkanes of at least 4 members (excludes halogenated alkanes) is 3. The molecule has 0 amide bonds. The highest BCUT2D eigenvalue weighted by molar-refractivity contribution is 5.86. The lowest BCUT2D eigenvalue weighted by Gasteiger charge is -2.25. The number of benzene rings is 2. The molecule has 1 unspecified atom stereocenters. The Kier molecular flexibility index (Phi) is 6.09. The van der Waals surface area contributed by atoms with E-state index in [1.807, 2.05) is 12.1 Å². The van der Waals surface area contributed by atoms with E-state index in [1.54, 1.807) is 0 Å². The molecule has 1 atom stereocenters. The molecular formula is C23H30F2. The van der Waals surface area contributed by atoms with Gasteiger partial charge in [0.1, 0.15) is 0 Å². The average molecular weight is 344 g/mol. The minimum atomic E-state index is -0.653. The quantitative estimate of drug-likeness (QED) is 0.468. The number of hydrogen-bond donors (Lipinski definition) is 0. The van der Waals surface area contributed by atoms with Crippen molar-refractivity contribution in [2.45, 2.75) is 78.1 Å². The van der Waals surface area contributed by atoms with Crippen molar-refractivity contribution < 1.29 is 8.78 Å². The van der Waals surface area contributed by atoms with Crippen LogP contribution in [0.2, 0.25) is 0 Å². The van der Waals surface area contributed by atoms with Crippen molar-refractivity contribution in [1.82, 2.24) is 0 Å². The smallest absolute Gasteiger partial charge is 0.166 e. The number of fused-ring (bicyclic) bond motifs is 2. The van der Waals surface area contributed by atoms with Gasteiger partial charge < -0.3 is 0 Å². The third kappa shape index (κ3) is 4.04. The summed E-state index contributed by atoms with van der Waals surface area (Å²) in [5.41, 5.74) is 3.10. The van der Waals surface area contributed by atoms with Gasteiger partial charge in [0.25, 0.3) is 0 Å². The van der Waals surface area contributed by atoms with Crippen molar-refractivity contribution in [2.24, 2.45) is 5.92 Å². The maximum atomic E-state index is 14.6. The van der Waals surface area contributed by atoms with E-state index < -0.39 is 11.6 Å². The van der Waals surface area contributed by atoms with Gasteiger partial charge in [-0.25, -0.2) is 8.78 Å². The second kappa shape index (κ2) is 8.29. The molecule has 0 nitrogen and oxygen atoms in total. The second-order valence-electron chi connectivity index (χ2n) is 7.71. The Hall–Kier alpha value is -1.44. The number of halogens is 2. The summed E-state index contributed by atoms with van der Waals surface area (Å²) < 4.78 is 29.0. The van der Waals surface area contributed by atoms with Gasteiger partial charge in [-0.1, -0.05) is 52.0 Å². The molecule has 2 aromatic carbocycles. The molecule has 136 valence electrons. The lowest BCUT2D eigenvalue weighted by Crippen LogP contribution is -2.14. The molecule has 0 radical (unpaired) electrons. The molecule has 0 N–H and O–H groups in total. The predicted molar refractivity (Wildman–Crippen MR) is 102 cm³/mol. The van der Waals surface area contributed by atoms with Crippen LogP contribution >= 0.6 is 0 Å². The van der Waals surface area contributed by atoms with Gasteiger partial charge in [0.15, 0.2) is 11.6 Å².